The van der Waals surface area contributed by atoms with Crippen LogP contribution in [0.5, 0.6) is 0 Å². The molecule has 3 rings (SSSR count). The molecule has 2 aliphatic heterocycles. The van der Waals surface area contributed by atoms with Gasteiger partial charge in [0.15, 0.2) is 5.82 Å². The maximum Gasteiger partial charge on any atom is 0.254 e. The summed E-state index contributed by atoms with van der Waals surface area (Å²) in [6, 6.07) is 3.23. The first-order chi connectivity index (χ1) is 14.6. The molecule has 1 aromatic rings. The lowest BCUT2D eigenvalue weighted by molar-refractivity contribution is -0.114. The summed E-state index contributed by atoms with van der Waals surface area (Å²) in [6.07, 6.45) is 4.87. The fourth-order valence-electron chi connectivity index (χ4n) is 4.33. The maximum absolute atomic E-state index is 15.1. The minimum absolute atomic E-state index is 0.0479. The number of nitrogens with zero attached hydrogens (tertiary/aromatic N) is 2. The molecule has 2 aliphatic rings. The van der Waals surface area contributed by atoms with Crippen LogP contribution in [-0.4, -0.2) is 53.3 Å². The normalized spacial score (nSPS) is 23.8. The number of rotatable bonds is 6. The molecule has 0 aromatic heterocycles. The lowest BCUT2D eigenvalue weighted by atomic mass is 9.86. The van der Waals surface area contributed by atoms with Crippen molar-refractivity contribution in [3.8, 4) is 0 Å². The van der Waals surface area contributed by atoms with Gasteiger partial charge in [0.2, 0.25) is 0 Å². The number of carbonyl (C=O) groups is 1. The van der Waals surface area contributed by atoms with E-state index in [4.69, 9.17) is 16.5 Å². The summed E-state index contributed by atoms with van der Waals surface area (Å²) >= 11 is 0. The van der Waals surface area contributed by atoms with Gasteiger partial charge in [0.1, 0.15) is 11.3 Å². The molecule has 0 saturated carbocycles. The lowest BCUT2D eigenvalue weighted by Gasteiger charge is -2.30. The van der Waals surface area contributed by atoms with Crippen molar-refractivity contribution in [2.24, 2.45) is 10.7 Å². The zero-order chi connectivity index (χ0) is 22.8. The molecule has 1 fully saturated rings. The summed E-state index contributed by atoms with van der Waals surface area (Å²) < 4.78 is 15.1. The van der Waals surface area contributed by atoms with Crippen molar-refractivity contribution < 1.29 is 14.3 Å². The van der Waals surface area contributed by atoms with E-state index in [1.807, 2.05) is 13.8 Å². The Morgan fingerprint density at radius 1 is 1.39 bits per heavy atom. The van der Waals surface area contributed by atoms with Crippen LogP contribution in [-0.2, 0) is 4.79 Å². The quantitative estimate of drug-likeness (QED) is 0.313. The van der Waals surface area contributed by atoms with E-state index in [1.165, 1.54) is 6.07 Å². The average molecular weight is 432 g/mol. The molecule has 1 atom stereocenters. The van der Waals surface area contributed by atoms with Crippen LogP contribution in [0, 0.1) is 5.82 Å². The highest BCUT2D eigenvalue weighted by Gasteiger charge is 2.31. The number of carbonyl (C=O) groups excluding carboxylic acids is 1. The lowest BCUT2D eigenvalue weighted by Crippen LogP contribution is -2.36. The number of hydrogen-bond acceptors (Lipinski definition) is 6. The van der Waals surface area contributed by atoms with Gasteiger partial charge in [-0.1, -0.05) is 6.92 Å². The Hall–Kier alpha value is -2.61. The molecule has 8 heteroatoms. The largest absolute Gasteiger partial charge is 0.506 e. The molecule has 2 heterocycles. The number of benzene rings is 1. The maximum atomic E-state index is 15.1. The molecule has 0 bridgehead atoms. The first-order valence-corrected chi connectivity index (χ1v) is 11.0. The number of nitrogen functional groups attached to an aromatic ring is 1. The first kappa shape index (κ1) is 23.1. The van der Waals surface area contributed by atoms with Crippen molar-refractivity contribution in [2.75, 3.05) is 31.2 Å². The Balaban J connectivity index is 1.95. The number of piperidine rings is 1. The van der Waals surface area contributed by atoms with Gasteiger partial charge in [-0.05, 0) is 77.7 Å². The van der Waals surface area contributed by atoms with Crippen molar-refractivity contribution in [3.05, 3.63) is 29.1 Å². The van der Waals surface area contributed by atoms with E-state index in [2.05, 4.69) is 17.3 Å². The van der Waals surface area contributed by atoms with Crippen LogP contribution >= 0.6 is 0 Å². The molecule has 1 aromatic carbocycles. The zero-order valence-corrected chi connectivity index (χ0v) is 18.7. The van der Waals surface area contributed by atoms with Gasteiger partial charge in [-0.25, -0.2) is 4.39 Å². The second-order valence-electron chi connectivity index (χ2n) is 8.96. The Morgan fingerprint density at radius 3 is 2.68 bits per heavy atom. The Morgan fingerprint density at radius 2 is 2.06 bits per heavy atom. The van der Waals surface area contributed by atoms with E-state index < -0.39 is 17.5 Å². The molecule has 6 N–H and O–H groups in total. The van der Waals surface area contributed by atoms with E-state index >= 15 is 4.39 Å². The number of nitrogens with one attached hydrogen (secondary N) is 1. The molecule has 170 valence electrons. The van der Waals surface area contributed by atoms with E-state index in [1.54, 1.807) is 6.07 Å². The van der Waals surface area contributed by atoms with Gasteiger partial charge in [-0.2, -0.15) is 0 Å². The molecular weight excluding hydrogens is 397 g/mol. The van der Waals surface area contributed by atoms with Crippen molar-refractivity contribution in [3.63, 3.8) is 0 Å². The Labute approximate surface area is 183 Å². The monoisotopic (exact) mass is 431 g/mol. The van der Waals surface area contributed by atoms with Gasteiger partial charge >= 0.3 is 0 Å². The second-order valence-corrected chi connectivity index (χ2v) is 8.96. The van der Waals surface area contributed by atoms with Crippen LogP contribution in [0.3, 0.4) is 0 Å². The van der Waals surface area contributed by atoms with E-state index in [0.717, 1.165) is 45.2 Å². The summed E-state index contributed by atoms with van der Waals surface area (Å²) in [4.78, 5) is 19.2. The third-order valence-electron chi connectivity index (χ3n) is 6.58. The standard InChI is InChI=1S/C23H34FN5O2/c1-4-23(2)11-5-6-16(28-23)18(22(26)31)21(30)15-7-8-17(19(24)20(15)25)27-14-9-12-29(3)13-10-14/h7-8,14,27,30H,4-6,9-13,25H2,1-3H3,(H2,26,31)/b21-18-. The number of primary amides is 1. The molecule has 0 aliphatic carbocycles. The fraction of sp³-hybridized carbons (Fsp3) is 0.565. The SMILES string of the molecule is CCC1(C)CCCC(/C(C(N)=O)=C(/O)c2ccc(NC3CCN(C)CC3)c(F)c2N)=N1. The van der Waals surface area contributed by atoms with Crippen molar-refractivity contribution in [1.82, 2.24) is 4.90 Å². The molecule has 31 heavy (non-hydrogen) atoms. The summed E-state index contributed by atoms with van der Waals surface area (Å²) in [5.41, 5.74) is 11.8. The average Bonchev–Trinajstić information content (AvgIpc) is 2.73. The van der Waals surface area contributed by atoms with Crippen LogP contribution in [0.4, 0.5) is 15.8 Å². The summed E-state index contributed by atoms with van der Waals surface area (Å²) in [7, 11) is 2.06. The molecule has 0 spiro atoms. The van der Waals surface area contributed by atoms with E-state index in [9.17, 15) is 9.90 Å². The van der Waals surface area contributed by atoms with E-state index in [-0.39, 0.29) is 34.1 Å². The van der Waals surface area contributed by atoms with Gasteiger partial charge in [0, 0.05) is 11.6 Å². The van der Waals surface area contributed by atoms with Crippen LogP contribution in [0.25, 0.3) is 5.76 Å². The van der Waals surface area contributed by atoms with Crippen molar-refractivity contribution in [2.45, 2.75) is 64.0 Å². The number of halogens is 1. The highest BCUT2D eigenvalue weighted by atomic mass is 19.1. The second kappa shape index (κ2) is 9.26. The number of amides is 1. The van der Waals surface area contributed by atoms with Gasteiger partial charge < -0.3 is 26.8 Å². The summed E-state index contributed by atoms with van der Waals surface area (Å²) in [5, 5.41) is 14.1. The number of hydrogen-bond donors (Lipinski definition) is 4. The Kier molecular flexibility index (Phi) is 6.89. The number of aliphatic hydroxyl groups excluding tert-OH is 1. The molecule has 1 amide bonds. The number of likely N-dealkylation sites (tertiary alicyclic amines) is 1. The highest BCUT2D eigenvalue weighted by Crippen LogP contribution is 2.34. The number of nitrogens with two attached hydrogens (primary N) is 2. The first-order valence-electron chi connectivity index (χ1n) is 11.0. The smallest absolute Gasteiger partial charge is 0.254 e. The third kappa shape index (κ3) is 5.01. The van der Waals surface area contributed by atoms with E-state index in [0.29, 0.717) is 12.1 Å². The van der Waals surface area contributed by atoms with Gasteiger partial charge in [0.25, 0.3) is 5.91 Å². The minimum Gasteiger partial charge on any atom is -0.506 e. The summed E-state index contributed by atoms with van der Waals surface area (Å²) in [6.45, 7) is 5.93. The van der Waals surface area contributed by atoms with Gasteiger partial charge in [-0.15, -0.1) is 0 Å². The number of aliphatic hydroxyl groups is 1. The van der Waals surface area contributed by atoms with Crippen LogP contribution in [0.1, 0.15) is 57.9 Å². The third-order valence-corrected chi connectivity index (χ3v) is 6.58. The predicted octanol–water partition coefficient (Wildman–Crippen LogP) is 3.46. The van der Waals surface area contributed by atoms with Crippen molar-refractivity contribution in [1.29, 1.82) is 0 Å². The minimum atomic E-state index is -0.801. The molecule has 1 saturated heterocycles. The summed E-state index contributed by atoms with van der Waals surface area (Å²) in [5.74, 6) is -1.87. The topological polar surface area (TPSA) is 117 Å². The molecule has 0 radical (unpaired) electrons. The van der Waals surface area contributed by atoms with Crippen LogP contribution in [0.15, 0.2) is 22.7 Å². The predicted molar refractivity (Wildman–Crippen MR) is 124 cm³/mol. The van der Waals surface area contributed by atoms with Crippen molar-refractivity contribution >= 4 is 28.8 Å². The fourth-order valence-corrected chi connectivity index (χ4v) is 4.33. The Bertz CT molecular complexity index is 905. The van der Waals surface area contributed by atoms with Crippen LogP contribution < -0.4 is 16.8 Å². The molecular formula is C23H34FN5O2. The highest BCUT2D eigenvalue weighted by molar-refractivity contribution is 6.25. The zero-order valence-electron chi connectivity index (χ0n) is 18.7. The molecule has 1 unspecified atom stereocenters. The van der Waals surface area contributed by atoms with Crippen LogP contribution in [0.2, 0.25) is 0 Å². The number of anilines is 2. The number of aliphatic imine (C=N–C) groups is 1. The van der Waals surface area contributed by atoms with Gasteiger partial charge in [0.05, 0.1) is 22.6 Å². The van der Waals surface area contributed by atoms with Gasteiger partial charge in [-0.3, -0.25) is 9.79 Å². The molecule has 7 nitrogen and oxygen atoms in total.